The van der Waals surface area contributed by atoms with Gasteiger partial charge in [0.25, 0.3) is 0 Å². The number of hydrogen-bond donors (Lipinski definition) is 4. The molecule has 0 radical (unpaired) electrons. The first-order chi connectivity index (χ1) is 17.4. The Kier molecular flexibility index (Phi) is 9.18. The van der Waals surface area contributed by atoms with Gasteiger partial charge in [0.1, 0.15) is 11.3 Å². The van der Waals surface area contributed by atoms with E-state index in [-0.39, 0.29) is 0 Å². The molecular formula is C23H16O14. The largest absolute Gasteiger partial charge is 0.478 e. The smallest absolute Gasteiger partial charge is 0.349 e. The summed E-state index contributed by atoms with van der Waals surface area (Å²) in [7, 11) is 0. The van der Waals surface area contributed by atoms with Gasteiger partial charge < -0.3 is 34.6 Å². The summed E-state index contributed by atoms with van der Waals surface area (Å²) >= 11 is 0. The zero-order chi connectivity index (χ0) is 27.7. The van der Waals surface area contributed by atoms with Crippen LogP contribution < -0.4 is 4.74 Å². The zero-order valence-electron chi connectivity index (χ0n) is 18.3. The number of ether oxygens (including phenoxy) is 3. The average molecular weight is 516 g/mol. The lowest BCUT2D eigenvalue weighted by Gasteiger charge is -2.21. The normalized spacial score (nSPS) is 12.1. The van der Waals surface area contributed by atoms with Crippen molar-refractivity contribution in [3.63, 3.8) is 0 Å². The molecule has 0 aliphatic heterocycles. The Morgan fingerprint density at radius 1 is 0.622 bits per heavy atom. The maximum atomic E-state index is 12.7. The van der Waals surface area contributed by atoms with Crippen molar-refractivity contribution in [3.05, 3.63) is 77.4 Å². The van der Waals surface area contributed by atoms with Crippen molar-refractivity contribution in [1.29, 1.82) is 0 Å². The van der Waals surface area contributed by atoms with Gasteiger partial charge in [0.05, 0.1) is 11.1 Å². The lowest BCUT2D eigenvalue weighted by molar-refractivity contribution is -0.166. The van der Waals surface area contributed by atoms with Crippen molar-refractivity contribution in [2.75, 3.05) is 0 Å². The van der Waals surface area contributed by atoms with Crippen LogP contribution >= 0.6 is 0 Å². The number of carboxylic acids is 4. The van der Waals surface area contributed by atoms with Gasteiger partial charge >= 0.3 is 41.8 Å². The van der Waals surface area contributed by atoms with E-state index in [1.165, 1.54) is 24.3 Å². The highest BCUT2D eigenvalue weighted by atomic mass is 16.6. The van der Waals surface area contributed by atoms with E-state index in [1.54, 1.807) is 0 Å². The monoisotopic (exact) mass is 516 g/mol. The number of para-hydroxylation sites is 1. The highest BCUT2D eigenvalue weighted by Gasteiger charge is 2.41. The topological polar surface area (TPSA) is 228 Å². The molecule has 2 aromatic carbocycles. The number of hydrogen-bond acceptors (Lipinski definition) is 10. The first-order valence-corrected chi connectivity index (χ1v) is 9.84. The summed E-state index contributed by atoms with van der Waals surface area (Å²) in [6, 6.07) is 9.20. The Balaban J connectivity index is 2.32. The summed E-state index contributed by atoms with van der Waals surface area (Å²) in [5.74, 6) is -11.8. The fraction of sp³-hybridized carbons (Fsp3) is 0.0870. The van der Waals surface area contributed by atoms with E-state index in [1.807, 2.05) is 0 Å². The molecule has 0 aliphatic carbocycles. The van der Waals surface area contributed by atoms with Gasteiger partial charge in [-0.2, -0.15) is 0 Å². The third kappa shape index (κ3) is 7.48. The molecule has 0 bridgehead atoms. The van der Waals surface area contributed by atoms with Crippen molar-refractivity contribution < 1.29 is 68.2 Å². The maximum Gasteiger partial charge on any atom is 0.349 e. The summed E-state index contributed by atoms with van der Waals surface area (Å²) < 4.78 is 14.3. The number of esters is 3. The van der Waals surface area contributed by atoms with E-state index in [0.717, 1.165) is 24.3 Å². The Bertz CT molecular complexity index is 1290. The minimum absolute atomic E-state index is 0.456. The average Bonchev–Trinajstić information content (AvgIpc) is 2.84. The maximum absolute atomic E-state index is 12.7. The van der Waals surface area contributed by atoms with Gasteiger partial charge in [-0.25, -0.2) is 33.6 Å². The standard InChI is InChI=1S/C23H16O14/c24-15(25)9-10-16(26)35-14-8-4-3-7-13(14)23(34)37-18(21(31)32)17(20(29)30)36-22(33)12-6-2-1-5-11(12)19(27)28/h1-10,17-18H,(H,24,25)(H,27,28)(H,29,30)(H,31,32)/b10-9-. The third-order valence-corrected chi connectivity index (χ3v) is 4.29. The van der Waals surface area contributed by atoms with E-state index in [0.29, 0.717) is 12.2 Å². The summed E-state index contributed by atoms with van der Waals surface area (Å²) in [5.41, 5.74) is -1.71. The van der Waals surface area contributed by atoms with Crippen molar-refractivity contribution >= 4 is 41.8 Å². The predicted molar refractivity (Wildman–Crippen MR) is 116 cm³/mol. The quantitative estimate of drug-likeness (QED) is 0.184. The summed E-state index contributed by atoms with van der Waals surface area (Å²) in [6.07, 6.45) is -4.26. The van der Waals surface area contributed by atoms with E-state index < -0.39 is 76.4 Å². The number of aromatic carboxylic acids is 1. The molecule has 0 aliphatic rings. The molecule has 37 heavy (non-hydrogen) atoms. The lowest BCUT2D eigenvalue weighted by Crippen LogP contribution is -2.46. The molecule has 0 saturated heterocycles. The molecule has 14 heteroatoms. The van der Waals surface area contributed by atoms with Gasteiger partial charge in [-0.3, -0.25) is 0 Å². The van der Waals surface area contributed by atoms with E-state index in [2.05, 4.69) is 4.74 Å². The minimum atomic E-state index is -2.62. The van der Waals surface area contributed by atoms with Crippen LogP contribution in [0, 0.1) is 0 Å². The second-order valence-electron chi connectivity index (χ2n) is 6.77. The predicted octanol–water partition coefficient (Wildman–Crippen LogP) is 0.851. The van der Waals surface area contributed by atoms with E-state index in [9.17, 15) is 48.9 Å². The molecule has 0 heterocycles. The van der Waals surface area contributed by atoms with Gasteiger partial charge in [0.15, 0.2) is 0 Å². The van der Waals surface area contributed by atoms with Crippen molar-refractivity contribution in [2.45, 2.75) is 12.2 Å². The van der Waals surface area contributed by atoms with Crippen molar-refractivity contribution in [3.8, 4) is 5.75 Å². The van der Waals surface area contributed by atoms with Crippen LogP contribution in [0.15, 0.2) is 60.7 Å². The highest BCUT2D eigenvalue weighted by molar-refractivity contribution is 6.03. The molecule has 2 unspecified atom stereocenters. The van der Waals surface area contributed by atoms with Crippen LogP contribution in [0.5, 0.6) is 5.75 Å². The van der Waals surface area contributed by atoms with Crippen LogP contribution in [-0.4, -0.2) is 74.4 Å². The van der Waals surface area contributed by atoms with Gasteiger partial charge in [-0.15, -0.1) is 0 Å². The third-order valence-electron chi connectivity index (χ3n) is 4.29. The second-order valence-corrected chi connectivity index (χ2v) is 6.77. The van der Waals surface area contributed by atoms with Gasteiger partial charge in [-0.1, -0.05) is 24.3 Å². The Morgan fingerprint density at radius 3 is 1.57 bits per heavy atom. The number of benzene rings is 2. The summed E-state index contributed by atoms with van der Waals surface area (Å²) in [5, 5.41) is 36.7. The number of carbonyl (C=O) groups excluding carboxylic acids is 3. The Hall–Kier alpha value is -5.53. The van der Waals surface area contributed by atoms with Gasteiger partial charge in [-0.05, 0) is 24.3 Å². The second kappa shape index (κ2) is 12.3. The van der Waals surface area contributed by atoms with Crippen LogP contribution in [0.2, 0.25) is 0 Å². The SMILES string of the molecule is O=C(O)/C=C\C(=O)Oc1ccccc1C(=O)OC(C(=O)O)C(OC(=O)c1ccccc1C(=O)O)C(=O)O. The zero-order valence-corrected chi connectivity index (χ0v) is 18.3. The number of carboxylic acid groups (broad SMARTS) is 4. The summed E-state index contributed by atoms with van der Waals surface area (Å²) in [6.45, 7) is 0. The van der Waals surface area contributed by atoms with Crippen LogP contribution in [-0.2, 0) is 28.7 Å². The fourth-order valence-electron chi connectivity index (χ4n) is 2.69. The van der Waals surface area contributed by atoms with E-state index >= 15 is 0 Å². The molecule has 14 nitrogen and oxygen atoms in total. The molecular weight excluding hydrogens is 500 g/mol. The van der Waals surface area contributed by atoms with Gasteiger partial charge in [0.2, 0.25) is 12.2 Å². The molecule has 0 aromatic heterocycles. The van der Waals surface area contributed by atoms with Crippen LogP contribution in [0.25, 0.3) is 0 Å². The van der Waals surface area contributed by atoms with Crippen molar-refractivity contribution in [1.82, 2.24) is 0 Å². The van der Waals surface area contributed by atoms with Crippen molar-refractivity contribution in [2.24, 2.45) is 0 Å². The minimum Gasteiger partial charge on any atom is -0.478 e. The number of aliphatic carboxylic acids is 3. The molecule has 0 fully saturated rings. The summed E-state index contributed by atoms with van der Waals surface area (Å²) in [4.78, 5) is 82.2. The number of carbonyl (C=O) groups is 7. The molecule has 0 spiro atoms. The van der Waals surface area contributed by atoms with Crippen LogP contribution in [0.4, 0.5) is 0 Å². The number of rotatable bonds is 11. The molecule has 2 rings (SSSR count). The van der Waals surface area contributed by atoms with Crippen LogP contribution in [0.1, 0.15) is 31.1 Å². The van der Waals surface area contributed by atoms with E-state index in [4.69, 9.17) is 14.6 Å². The fourth-order valence-corrected chi connectivity index (χ4v) is 2.69. The highest BCUT2D eigenvalue weighted by Crippen LogP contribution is 2.22. The molecule has 4 N–H and O–H groups in total. The first-order valence-electron chi connectivity index (χ1n) is 9.84. The molecule has 0 saturated carbocycles. The van der Waals surface area contributed by atoms with Crippen LogP contribution in [0.3, 0.4) is 0 Å². The lowest BCUT2D eigenvalue weighted by atomic mass is 10.1. The first kappa shape index (κ1) is 27.7. The molecule has 2 atom stereocenters. The Labute approximate surface area is 205 Å². The molecule has 192 valence electrons. The molecule has 0 amide bonds. The molecule has 2 aromatic rings. The Morgan fingerprint density at radius 2 is 1.08 bits per heavy atom. The van der Waals surface area contributed by atoms with Gasteiger partial charge in [0, 0.05) is 12.2 Å².